The fourth-order valence-corrected chi connectivity index (χ4v) is 0. The molecule has 0 aliphatic carbocycles. The second kappa shape index (κ2) is 176. The first kappa shape index (κ1) is 250. The molecule has 8 heteroatoms. The second-order valence-electron chi connectivity index (χ2n) is 0. The average Bonchev–Trinajstić information content (AvgIpc) is 0. The minimum absolute atomic E-state index is 0. The van der Waals surface area contributed by atoms with Gasteiger partial charge in [0.2, 0.25) is 0 Å². The molecule has 0 amide bonds. The van der Waals surface area contributed by atoms with Crippen LogP contribution in [0.1, 0.15) is 2.85 Å². The Hall–Kier alpha value is 1.72. The van der Waals surface area contributed by atoms with Crippen LogP contribution in [0.4, 0.5) is 0 Å². The molecule has 0 aliphatic heterocycles. The molecule has 0 aromatic heterocycles. The SMILES string of the molecule is Br.O.O.O.O.O.O.[H-].[H-].[Sr+2]. The summed E-state index contributed by atoms with van der Waals surface area (Å²) in [5, 5.41) is 0. The normalized spacial score (nSPS) is 0. The van der Waals surface area contributed by atoms with Crippen molar-refractivity contribution >= 4 is 62.5 Å². The predicted octanol–water partition coefficient (Wildman–Crippen LogP) is -4.53. The van der Waals surface area contributed by atoms with E-state index in [4.69, 9.17) is 0 Å². The molecule has 60 valence electrons. The van der Waals surface area contributed by atoms with Crippen LogP contribution in [-0.2, 0) is 0 Å². The second-order valence-corrected chi connectivity index (χ2v) is 0. The van der Waals surface area contributed by atoms with Crippen LogP contribution >= 0.6 is 17.0 Å². The van der Waals surface area contributed by atoms with Gasteiger partial charge in [0.1, 0.15) is 0 Å². The molecule has 6 nitrogen and oxygen atoms in total. The van der Waals surface area contributed by atoms with Crippen LogP contribution in [0.2, 0.25) is 0 Å². The summed E-state index contributed by atoms with van der Waals surface area (Å²) in [6, 6.07) is 0. The Morgan fingerprint density at radius 3 is 0.500 bits per heavy atom. The summed E-state index contributed by atoms with van der Waals surface area (Å²) in [7, 11) is 0. The number of hydrogen-bond acceptors (Lipinski definition) is 0. The third-order valence-electron chi connectivity index (χ3n) is 0. The van der Waals surface area contributed by atoms with E-state index < -0.39 is 0 Å². The van der Waals surface area contributed by atoms with E-state index in [-0.39, 0.29) is 98.2 Å². The molecule has 0 bridgehead atoms. The van der Waals surface area contributed by atoms with Crippen LogP contribution in [0.25, 0.3) is 0 Å². The van der Waals surface area contributed by atoms with Crippen LogP contribution in [-0.4, -0.2) is 78.3 Å². The van der Waals surface area contributed by atoms with Gasteiger partial charge in [-0.15, -0.1) is 17.0 Å². The minimum atomic E-state index is 0. The van der Waals surface area contributed by atoms with Crippen molar-refractivity contribution in [1.29, 1.82) is 0 Å². The zero-order valence-corrected chi connectivity index (χ0v) is 9.30. The van der Waals surface area contributed by atoms with Crippen molar-refractivity contribution in [3.63, 3.8) is 0 Å². The van der Waals surface area contributed by atoms with Gasteiger partial charge in [-0.1, -0.05) is 0 Å². The molecule has 0 aromatic rings. The van der Waals surface area contributed by atoms with Gasteiger partial charge in [0.15, 0.2) is 0 Å². The number of rotatable bonds is 0. The van der Waals surface area contributed by atoms with Crippen molar-refractivity contribution in [2.24, 2.45) is 0 Å². The molecular weight excluding hydrogens is 264 g/mol. The van der Waals surface area contributed by atoms with Gasteiger partial charge in [-0.25, -0.2) is 0 Å². The summed E-state index contributed by atoms with van der Waals surface area (Å²) in [6.07, 6.45) is 0. The molecule has 0 rings (SSSR count). The summed E-state index contributed by atoms with van der Waals surface area (Å²) in [5.74, 6) is 0. The molecule has 0 unspecified atom stereocenters. The third-order valence-corrected chi connectivity index (χ3v) is 0. The summed E-state index contributed by atoms with van der Waals surface area (Å²) in [5.41, 5.74) is 0. The van der Waals surface area contributed by atoms with E-state index in [0.29, 0.717) is 0 Å². The van der Waals surface area contributed by atoms with Crippen molar-refractivity contribution < 1.29 is 35.7 Å². The van der Waals surface area contributed by atoms with E-state index in [1.54, 1.807) is 0 Å². The van der Waals surface area contributed by atoms with Gasteiger partial charge in [-0.2, -0.15) is 0 Å². The van der Waals surface area contributed by atoms with E-state index >= 15 is 0 Å². The van der Waals surface area contributed by atoms with Gasteiger partial charge in [-0.3, -0.25) is 0 Å². The summed E-state index contributed by atoms with van der Waals surface area (Å²) >= 11 is 0. The molecule has 0 heterocycles. The van der Waals surface area contributed by atoms with Gasteiger partial charge in [0.25, 0.3) is 0 Å². The first-order valence-electron chi connectivity index (χ1n) is 0. The Balaban J connectivity index is 0. The van der Waals surface area contributed by atoms with Crippen LogP contribution in [0.5, 0.6) is 0 Å². The van der Waals surface area contributed by atoms with E-state index in [2.05, 4.69) is 0 Å². The Labute approximate surface area is 97.1 Å². The van der Waals surface area contributed by atoms with Gasteiger partial charge in [0.05, 0.1) is 0 Å². The predicted molar refractivity (Wildman–Crippen MR) is 40.0 cm³/mol. The maximum absolute atomic E-state index is 0. The van der Waals surface area contributed by atoms with Crippen molar-refractivity contribution in [2.45, 2.75) is 0 Å². The van der Waals surface area contributed by atoms with Crippen LogP contribution in [0.15, 0.2) is 0 Å². The Kier molecular flexibility index (Phi) is 5480. The fraction of sp³-hybridized carbons (Fsp3) is 0. The zero-order valence-electron chi connectivity index (χ0n) is 6.12. The van der Waals surface area contributed by atoms with Gasteiger partial charge in [-0.05, 0) is 0 Å². The molecule has 0 saturated heterocycles. The number of hydrogen-bond donors (Lipinski definition) is 0. The van der Waals surface area contributed by atoms with Gasteiger partial charge in [0, 0.05) is 0 Å². The zero-order chi connectivity index (χ0) is 0. The molecule has 0 fully saturated rings. The van der Waals surface area contributed by atoms with E-state index in [1.807, 2.05) is 0 Å². The van der Waals surface area contributed by atoms with Crippen LogP contribution in [0.3, 0.4) is 0 Å². The molecule has 0 saturated carbocycles. The topological polar surface area (TPSA) is 189 Å². The van der Waals surface area contributed by atoms with Crippen molar-refractivity contribution in [1.82, 2.24) is 0 Å². The Bertz CT molecular complexity index is 15.7. The molecule has 12 N–H and O–H groups in total. The number of halogens is 1. The molecule has 0 spiro atoms. The van der Waals surface area contributed by atoms with Gasteiger partial charge >= 0.3 is 45.5 Å². The molecular formula is H15BrO6Sr. The molecule has 0 radical (unpaired) electrons. The van der Waals surface area contributed by atoms with E-state index in [9.17, 15) is 0 Å². The summed E-state index contributed by atoms with van der Waals surface area (Å²) in [4.78, 5) is 0. The van der Waals surface area contributed by atoms with Gasteiger partial charge < -0.3 is 35.7 Å². The maximum atomic E-state index is 0. The van der Waals surface area contributed by atoms with E-state index in [1.165, 1.54) is 0 Å². The third kappa shape index (κ3) is 118. The Morgan fingerprint density at radius 2 is 0.500 bits per heavy atom. The first-order chi connectivity index (χ1) is 0. The smallest absolute Gasteiger partial charge is 1.00 e. The van der Waals surface area contributed by atoms with Crippen molar-refractivity contribution in [3.8, 4) is 0 Å². The quantitative estimate of drug-likeness (QED) is 0.386. The standard InChI is InChI=1S/BrH.6H2O.Sr.2H/h1H;6*1H2;;;/q;;;;;;;+2;2*-1. The van der Waals surface area contributed by atoms with E-state index in [0.717, 1.165) is 0 Å². The first-order valence-corrected chi connectivity index (χ1v) is 0. The Morgan fingerprint density at radius 1 is 0.500 bits per heavy atom. The molecule has 0 aromatic carbocycles. The van der Waals surface area contributed by atoms with Crippen LogP contribution < -0.4 is 0 Å². The largest absolute Gasteiger partial charge is 2.00 e. The summed E-state index contributed by atoms with van der Waals surface area (Å²) in [6.45, 7) is 0. The molecule has 8 heavy (non-hydrogen) atoms. The minimum Gasteiger partial charge on any atom is -1.00 e. The maximum Gasteiger partial charge on any atom is 2.00 e. The van der Waals surface area contributed by atoms with Crippen LogP contribution in [0, 0.1) is 0 Å². The average molecular weight is 279 g/mol. The summed E-state index contributed by atoms with van der Waals surface area (Å²) < 4.78 is 0. The fourth-order valence-electron chi connectivity index (χ4n) is 0. The molecule has 0 atom stereocenters. The van der Waals surface area contributed by atoms with Crippen molar-refractivity contribution in [3.05, 3.63) is 0 Å². The van der Waals surface area contributed by atoms with Crippen molar-refractivity contribution in [2.75, 3.05) is 0 Å². The monoisotopic (exact) mass is 278 g/mol. The molecule has 0 aliphatic rings.